The van der Waals surface area contributed by atoms with Gasteiger partial charge in [0, 0.05) is 24.3 Å². The minimum absolute atomic E-state index is 0.268. The summed E-state index contributed by atoms with van der Waals surface area (Å²) in [6.07, 6.45) is 0. The van der Waals surface area contributed by atoms with Crippen LogP contribution in [0.1, 0.15) is 20.7 Å². The summed E-state index contributed by atoms with van der Waals surface area (Å²) in [6, 6.07) is 5.05. The number of non-ortho nitro benzene ring substituents is 4. The molecule has 0 aliphatic rings. The number of nitrogens with two attached hydrogens (primary N) is 2. The summed E-state index contributed by atoms with van der Waals surface area (Å²) in [7, 11) is 0. The number of nitro benzene ring substituents is 4. The van der Waals surface area contributed by atoms with Crippen molar-refractivity contribution >= 4 is 34.6 Å². The maximum absolute atomic E-state index is 10.7. The molecule has 4 N–H and O–H groups in total. The van der Waals surface area contributed by atoms with E-state index in [1.807, 2.05) is 0 Å². The van der Waals surface area contributed by atoms with Gasteiger partial charge in [-0.1, -0.05) is 0 Å². The summed E-state index contributed by atoms with van der Waals surface area (Å²) in [5.41, 5.74) is 7.03. The first-order chi connectivity index (χ1) is 13.8. The van der Waals surface area contributed by atoms with Crippen LogP contribution in [0.4, 0.5) is 22.7 Å². The Morgan fingerprint density at radius 2 is 0.733 bits per heavy atom. The lowest BCUT2D eigenvalue weighted by Gasteiger charge is -1.96. The number of carbonyl (C=O) groups is 2. The smallest absolute Gasteiger partial charge is 0.277 e. The van der Waals surface area contributed by atoms with E-state index < -0.39 is 54.3 Å². The highest BCUT2D eigenvalue weighted by molar-refractivity contribution is 5.94. The molecular formula is C14H10N6O10. The SMILES string of the molecule is NC(=O)c1cc([N+](=O)[O-])cc([N+](=O)[O-])c1.NC(=O)c1cc([N+](=O)[O-])cc([N+](=O)[O-])c1. The van der Waals surface area contributed by atoms with Crippen LogP contribution >= 0.6 is 0 Å². The number of amides is 2. The summed E-state index contributed by atoms with van der Waals surface area (Å²) < 4.78 is 0. The molecule has 0 aromatic heterocycles. The van der Waals surface area contributed by atoms with Gasteiger partial charge in [-0.05, 0) is 0 Å². The van der Waals surface area contributed by atoms with Crippen LogP contribution in [0.25, 0.3) is 0 Å². The Morgan fingerprint density at radius 3 is 0.867 bits per heavy atom. The summed E-state index contributed by atoms with van der Waals surface area (Å²) in [5, 5.41) is 41.5. The Labute approximate surface area is 164 Å². The molecule has 0 aliphatic heterocycles. The van der Waals surface area contributed by atoms with Crippen molar-refractivity contribution in [2.45, 2.75) is 0 Å². The summed E-state index contributed by atoms with van der Waals surface area (Å²) in [4.78, 5) is 59.6. The number of carbonyl (C=O) groups excluding carboxylic acids is 2. The van der Waals surface area contributed by atoms with Gasteiger partial charge in [0.15, 0.2) is 0 Å². The van der Waals surface area contributed by atoms with E-state index in [9.17, 15) is 50.0 Å². The first-order valence-electron chi connectivity index (χ1n) is 7.30. The lowest BCUT2D eigenvalue weighted by Crippen LogP contribution is -2.11. The molecule has 30 heavy (non-hydrogen) atoms. The van der Waals surface area contributed by atoms with Gasteiger partial charge < -0.3 is 11.5 Å². The fourth-order valence-corrected chi connectivity index (χ4v) is 1.90. The summed E-state index contributed by atoms with van der Waals surface area (Å²) in [5.74, 6) is -1.91. The Bertz CT molecular complexity index is 839. The Balaban J connectivity index is 0.000000300. The number of nitrogens with zero attached hydrogens (tertiary/aromatic N) is 4. The lowest BCUT2D eigenvalue weighted by molar-refractivity contribution is -0.394. The monoisotopic (exact) mass is 422 g/mol. The molecule has 0 saturated heterocycles. The van der Waals surface area contributed by atoms with Crippen molar-refractivity contribution in [1.29, 1.82) is 0 Å². The van der Waals surface area contributed by atoms with Gasteiger partial charge in [-0.2, -0.15) is 0 Å². The van der Waals surface area contributed by atoms with Crippen molar-refractivity contribution in [3.8, 4) is 0 Å². The highest BCUT2D eigenvalue weighted by atomic mass is 16.6. The fraction of sp³-hybridized carbons (Fsp3) is 0. The van der Waals surface area contributed by atoms with Gasteiger partial charge in [0.05, 0.1) is 43.0 Å². The van der Waals surface area contributed by atoms with Crippen LogP contribution in [0, 0.1) is 40.5 Å². The first-order valence-corrected chi connectivity index (χ1v) is 7.30. The molecule has 0 bridgehead atoms. The molecule has 0 aliphatic carbocycles. The third kappa shape index (κ3) is 6.01. The molecule has 156 valence electrons. The number of nitro groups is 4. The largest absolute Gasteiger partial charge is 0.366 e. The Morgan fingerprint density at radius 1 is 0.533 bits per heavy atom. The second kappa shape index (κ2) is 9.26. The van der Waals surface area contributed by atoms with Crippen molar-refractivity contribution in [3.63, 3.8) is 0 Å². The number of hydrogen-bond donors (Lipinski definition) is 2. The standard InChI is InChI=1S/2C7H5N3O5/c2*8-7(11)4-1-5(9(12)13)3-6(2-4)10(14)15/h2*1-3H,(H2,8,11). The van der Waals surface area contributed by atoms with E-state index in [1.165, 1.54) is 0 Å². The van der Waals surface area contributed by atoms with Crippen molar-refractivity contribution in [2.75, 3.05) is 0 Å². The fourth-order valence-electron chi connectivity index (χ4n) is 1.90. The van der Waals surface area contributed by atoms with Gasteiger partial charge in [-0.3, -0.25) is 50.0 Å². The van der Waals surface area contributed by atoms with Crippen LogP contribution in [-0.4, -0.2) is 31.5 Å². The first kappa shape index (κ1) is 23.0. The van der Waals surface area contributed by atoms with E-state index in [4.69, 9.17) is 11.5 Å². The van der Waals surface area contributed by atoms with Crippen LogP contribution in [0.2, 0.25) is 0 Å². The zero-order chi connectivity index (χ0) is 23.2. The minimum Gasteiger partial charge on any atom is -0.366 e. The predicted molar refractivity (Wildman–Crippen MR) is 96.5 cm³/mol. The predicted octanol–water partition coefficient (Wildman–Crippen LogP) is 1.20. The number of benzene rings is 2. The number of rotatable bonds is 6. The molecule has 0 saturated carbocycles. The molecule has 0 spiro atoms. The van der Waals surface area contributed by atoms with Crippen LogP contribution in [0.3, 0.4) is 0 Å². The van der Waals surface area contributed by atoms with Gasteiger partial charge in [0.1, 0.15) is 0 Å². The third-order valence-electron chi connectivity index (χ3n) is 3.22. The normalized spacial score (nSPS) is 9.60. The molecule has 0 atom stereocenters. The zero-order valence-corrected chi connectivity index (χ0v) is 14.5. The quantitative estimate of drug-likeness (QED) is 0.496. The van der Waals surface area contributed by atoms with Gasteiger partial charge in [-0.25, -0.2) is 0 Å². The molecule has 0 fully saturated rings. The van der Waals surface area contributed by atoms with E-state index in [0.717, 1.165) is 36.4 Å². The molecule has 2 aromatic rings. The van der Waals surface area contributed by atoms with Crippen LogP contribution < -0.4 is 11.5 Å². The average molecular weight is 422 g/mol. The van der Waals surface area contributed by atoms with E-state index in [0.29, 0.717) is 0 Å². The molecule has 2 rings (SSSR count). The Kier molecular flexibility index (Phi) is 7.11. The van der Waals surface area contributed by atoms with Gasteiger partial charge >= 0.3 is 0 Å². The molecular weight excluding hydrogens is 412 g/mol. The van der Waals surface area contributed by atoms with Gasteiger partial charge in [-0.15, -0.1) is 0 Å². The molecule has 0 unspecified atom stereocenters. The highest BCUT2D eigenvalue weighted by Crippen LogP contribution is 2.23. The third-order valence-corrected chi connectivity index (χ3v) is 3.22. The van der Waals surface area contributed by atoms with Gasteiger partial charge in [0.25, 0.3) is 22.7 Å². The number of primary amides is 2. The van der Waals surface area contributed by atoms with E-state index in [1.54, 1.807) is 0 Å². The van der Waals surface area contributed by atoms with Crippen LogP contribution in [0.5, 0.6) is 0 Å². The maximum Gasteiger partial charge on any atom is 0.277 e. The van der Waals surface area contributed by atoms with Crippen LogP contribution in [0.15, 0.2) is 36.4 Å². The molecule has 0 heterocycles. The molecule has 0 radical (unpaired) electrons. The molecule has 2 aromatic carbocycles. The Hall–Kier alpha value is -5.02. The summed E-state index contributed by atoms with van der Waals surface area (Å²) in [6.45, 7) is 0. The number of hydrogen-bond acceptors (Lipinski definition) is 10. The van der Waals surface area contributed by atoms with Crippen LogP contribution in [-0.2, 0) is 0 Å². The van der Waals surface area contributed by atoms with Crippen molar-refractivity contribution in [3.05, 3.63) is 88.0 Å². The second-order valence-corrected chi connectivity index (χ2v) is 5.23. The zero-order valence-electron chi connectivity index (χ0n) is 14.5. The van der Waals surface area contributed by atoms with Crippen molar-refractivity contribution < 1.29 is 29.3 Å². The molecule has 2 amide bonds. The topological polar surface area (TPSA) is 259 Å². The molecule has 16 nitrogen and oxygen atoms in total. The average Bonchev–Trinajstić information content (AvgIpc) is 2.67. The van der Waals surface area contributed by atoms with E-state index in [2.05, 4.69) is 0 Å². The molecule has 16 heteroatoms. The maximum atomic E-state index is 10.7. The van der Waals surface area contributed by atoms with E-state index in [-0.39, 0.29) is 11.1 Å². The van der Waals surface area contributed by atoms with Crippen molar-refractivity contribution in [1.82, 2.24) is 0 Å². The summed E-state index contributed by atoms with van der Waals surface area (Å²) >= 11 is 0. The minimum atomic E-state index is -0.957. The highest BCUT2D eigenvalue weighted by Gasteiger charge is 2.19. The lowest BCUT2D eigenvalue weighted by atomic mass is 10.1. The van der Waals surface area contributed by atoms with Crippen molar-refractivity contribution in [2.24, 2.45) is 11.5 Å². The van der Waals surface area contributed by atoms with E-state index >= 15 is 0 Å². The second-order valence-electron chi connectivity index (χ2n) is 5.23. The van der Waals surface area contributed by atoms with Gasteiger partial charge in [0.2, 0.25) is 11.8 Å².